The van der Waals surface area contributed by atoms with E-state index in [-0.39, 0.29) is 13.1 Å². The maximum atomic E-state index is 14.7. The first-order valence-electron chi connectivity index (χ1n) is 17.1. The monoisotopic (exact) mass is 828 g/mol. The fraction of sp³-hybridized carbons (Fsp3) is 0.0455. The molecule has 10 heteroatoms. The molecule has 0 fully saturated rings. The number of allylic oxidation sites excluding steroid dienone is 4. The van der Waals surface area contributed by atoms with Gasteiger partial charge in [-0.25, -0.2) is 9.98 Å². The van der Waals surface area contributed by atoms with Gasteiger partial charge in [0.1, 0.15) is 0 Å². The molecule has 2 N–H and O–H groups in total. The fourth-order valence-corrected chi connectivity index (χ4v) is 11.6. The Labute approximate surface area is 332 Å². The normalized spacial score (nSPS) is 13.5. The third-order valence-electron chi connectivity index (χ3n) is 9.09. The van der Waals surface area contributed by atoms with Gasteiger partial charge in [0, 0.05) is 44.0 Å². The molecule has 0 unspecified atom stereocenters. The van der Waals surface area contributed by atoms with Crippen molar-refractivity contribution >= 4 is 89.1 Å². The number of halogens is 2. The van der Waals surface area contributed by atoms with E-state index in [1.807, 2.05) is 184 Å². The predicted molar refractivity (Wildman–Crippen MR) is 227 cm³/mol. The van der Waals surface area contributed by atoms with Crippen molar-refractivity contribution in [1.29, 1.82) is 0 Å². The Hall–Kier alpha value is -4.34. The molecular weight excluding hydrogens is 791 g/mol. The van der Waals surface area contributed by atoms with Gasteiger partial charge in [0.25, 0.3) is 0 Å². The molecule has 54 heavy (non-hydrogen) atoms. The topological polar surface area (TPSA) is 75.5 Å². The molecule has 0 aromatic heterocycles. The van der Waals surface area contributed by atoms with Crippen LogP contribution in [0.25, 0.3) is 0 Å². The van der Waals surface area contributed by atoms with E-state index in [1.54, 1.807) is 0 Å². The molecule has 0 bridgehead atoms. The Morgan fingerprint density at radius 3 is 0.944 bits per heavy atom. The van der Waals surface area contributed by atoms with Crippen molar-refractivity contribution in [3.05, 3.63) is 193 Å². The quantitative estimate of drug-likeness (QED) is 0.0854. The Kier molecular flexibility index (Phi) is 13.4. The molecule has 1 aliphatic rings. The number of aliphatic imine (C=N–C) groups is 2. The van der Waals surface area contributed by atoms with Crippen LogP contribution in [0.3, 0.4) is 0 Å². The Bertz CT molecular complexity index is 2150. The molecule has 1 heterocycles. The second kappa shape index (κ2) is 18.3. The summed E-state index contributed by atoms with van der Waals surface area (Å²) in [4.78, 5) is 9.80. The van der Waals surface area contributed by atoms with Crippen molar-refractivity contribution in [3.63, 3.8) is 0 Å². The number of quaternary nitrogens is 1. The van der Waals surface area contributed by atoms with Crippen molar-refractivity contribution in [3.8, 4) is 0 Å². The van der Waals surface area contributed by atoms with Crippen LogP contribution in [-0.2, 0) is 22.3 Å². The predicted octanol–water partition coefficient (Wildman–Crippen LogP) is 8.57. The minimum absolute atomic E-state index is 0.194. The molecule has 1 aliphatic heterocycles. The molecule has 6 aromatic rings. The zero-order valence-corrected chi connectivity index (χ0v) is 34.0. The average Bonchev–Trinajstić information content (AvgIpc) is 3.74. The summed E-state index contributed by atoms with van der Waals surface area (Å²) in [5.41, 5.74) is 5.34. The Balaban J connectivity index is 0.00000160. The first-order chi connectivity index (χ1) is 26.3. The summed E-state index contributed by atoms with van der Waals surface area (Å²) in [5, 5.41) is 6.87. The SMILES string of the molecule is CC(=Nc1ccc(P(=O)(c2ccccc2)c2ccccc2)cc1)C1=CC=C(C(C)=Nc2ccc(P(=O)(c3ccccc3)c3ccccc3)cc2)[NH2+]1.[Cl][Fe][Cl]. The van der Waals surface area contributed by atoms with Gasteiger partial charge in [-0.3, -0.25) is 5.32 Å². The first kappa shape index (κ1) is 39.4. The molecule has 7 rings (SSSR count). The maximum absolute atomic E-state index is 14.7. The number of nitrogens with two attached hydrogens (primary N) is 1. The van der Waals surface area contributed by atoms with Gasteiger partial charge in [-0.2, -0.15) is 0 Å². The third-order valence-corrected chi connectivity index (χ3v) is 15.2. The van der Waals surface area contributed by atoms with Crippen LogP contribution in [0.5, 0.6) is 0 Å². The standard InChI is InChI=1S/C44H37N3O2P2.2ClH.Fe/c1-33(45-35-23-27-41(28-24-35)50(48,37-15-7-3-8-16-37)38-17-9-4-10-18-38)43-31-32-44(47-43)34(2)46-36-25-29-42(30-26-36)51(49,39-19-11-5-12-20-39)40-21-13-6-14-22-40;;;/h3-32,47H,1-2H3;2*1H;/q;;;+2/p-1. The van der Waals surface area contributed by atoms with Crippen LogP contribution in [0.15, 0.2) is 203 Å². The summed E-state index contributed by atoms with van der Waals surface area (Å²) in [6.45, 7) is 3.99. The number of hydrogen-bond donors (Lipinski definition) is 1. The molecule has 0 spiro atoms. The summed E-state index contributed by atoms with van der Waals surface area (Å²) in [7, 11) is 3.45. The van der Waals surface area contributed by atoms with E-state index in [1.165, 1.54) is 0 Å². The number of rotatable bonds is 10. The summed E-state index contributed by atoms with van der Waals surface area (Å²) in [5.74, 6) is 0. The molecule has 0 atom stereocenters. The zero-order chi connectivity index (χ0) is 38.0. The van der Waals surface area contributed by atoms with Gasteiger partial charge in [0.2, 0.25) is 0 Å². The van der Waals surface area contributed by atoms with E-state index < -0.39 is 14.3 Å². The van der Waals surface area contributed by atoms with Crippen molar-refractivity contribution in [1.82, 2.24) is 0 Å². The van der Waals surface area contributed by atoms with E-state index in [2.05, 4.69) is 17.5 Å². The van der Waals surface area contributed by atoms with E-state index >= 15 is 0 Å². The van der Waals surface area contributed by atoms with Crippen molar-refractivity contribution in [2.24, 2.45) is 9.98 Å². The average molecular weight is 830 g/mol. The number of nitrogens with zero attached hydrogens (tertiary/aromatic N) is 2. The Morgan fingerprint density at radius 2 is 0.685 bits per heavy atom. The van der Waals surface area contributed by atoms with Crippen molar-refractivity contribution in [2.75, 3.05) is 0 Å². The molecule has 0 amide bonds. The molecular formula is C44H38Cl2FeN3O2P2+. The second-order valence-corrected chi connectivity index (χ2v) is 19.8. The van der Waals surface area contributed by atoms with Gasteiger partial charge in [0.05, 0.1) is 22.8 Å². The van der Waals surface area contributed by atoms with Gasteiger partial charge in [-0.15, -0.1) is 0 Å². The summed E-state index contributed by atoms with van der Waals surface area (Å²) in [6.07, 6.45) is 4.11. The van der Waals surface area contributed by atoms with Crippen LogP contribution < -0.4 is 37.1 Å². The molecule has 6 aromatic carbocycles. The van der Waals surface area contributed by atoms with E-state index in [9.17, 15) is 9.13 Å². The fourth-order valence-electron chi connectivity index (χ4n) is 6.33. The molecule has 0 radical (unpaired) electrons. The number of hydrogen-bond acceptors (Lipinski definition) is 4. The van der Waals surface area contributed by atoms with E-state index in [4.69, 9.17) is 30.2 Å². The third kappa shape index (κ3) is 8.79. The zero-order valence-electron chi connectivity index (χ0n) is 29.6. The van der Waals surface area contributed by atoms with Crippen LogP contribution in [0.2, 0.25) is 0 Å². The van der Waals surface area contributed by atoms with Gasteiger partial charge in [0.15, 0.2) is 25.7 Å². The molecule has 0 aliphatic carbocycles. The second-order valence-electron chi connectivity index (χ2n) is 12.4. The summed E-state index contributed by atoms with van der Waals surface area (Å²) < 4.78 is 29.4. The van der Waals surface area contributed by atoms with E-state index in [0.717, 1.165) is 66.0 Å². The van der Waals surface area contributed by atoms with Crippen LogP contribution in [0.4, 0.5) is 11.4 Å². The number of benzene rings is 6. The van der Waals surface area contributed by atoms with Gasteiger partial charge < -0.3 is 9.13 Å². The first-order valence-corrected chi connectivity index (χ1v) is 23.6. The summed E-state index contributed by atoms with van der Waals surface area (Å²) in [6, 6.07) is 54.2. The van der Waals surface area contributed by atoms with Gasteiger partial charge >= 0.3 is 33.3 Å². The molecule has 272 valence electrons. The van der Waals surface area contributed by atoms with Crippen LogP contribution in [-0.4, -0.2) is 11.4 Å². The molecule has 5 nitrogen and oxygen atoms in total. The van der Waals surface area contributed by atoms with Crippen LogP contribution in [0, 0.1) is 0 Å². The van der Waals surface area contributed by atoms with E-state index in [0.29, 0.717) is 0 Å². The van der Waals surface area contributed by atoms with Gasteiger partial charge in [-0.05, 0) is 62.4 Å². The minimum atomic E-state index is -3.04. The molecule has 0 saturated heterocycles. The van der Waals surface area contributed by atoms with Crippen molar-refractivity contribution in [2.45, 2.75) is 13.8 Å². The van der Waals surface area contributed by atoms with Crippen molar-refractivity contribution < 1.29 is 27.6 Å². The van der Waals surface area contributed by atoms with Crippen LogP contribution >= 0.6 is 34.5 Å². The van der Waals surface area contributed by atoms with Gasteiger partial charge in [-0.1, -0.05) is 121 Å². The Morgan fingerprint density at radius 1 is 0.444 bits per heavy atom. The summed E-state index contributed by atoms with van der Waals surface area (Å²) >= 11 is 0.194. The molecule has 0 saturated carbocycles. The van der Waals surface area contributed by atoms with Crippen LogP contribution in [0.1, 0.15) is 13.8 Å².